The van der Waals surface area contributed by atoms with Crippen molar-refractivity contribution in [3.05, 3.63) is 116 Å². The van der Waals surface area contributed by atoms with Crippen LogP contribution in [0.3, 0.4) is 0 Å². The number of carbonyl (C=O) groups is 1. The Morgan fingerprint density at radius 2 is 2.00 bits per heavy atom. The quantitative estimate of drug-likeness (QED) is 0.565. The lowest BCUT2D eigenvalue weighted by Gasteiger charge is -2.19. The van der Waals surface area contributed by atoms with E-state index in [1.165, 1.54) is 17.3 Å². The van der Waals surface area contributed by atoms with Gasteiger partial charge < -0.3 is 14.2 Å². The van der Waals surface area contributed by atoms with Gasteiger partial charge in [0.05, 0.1) is 11.5 Å². The smallest absolute Gasteiger partial charge is 0.344 e. The van der Waals surface area contributed by atoms with Gasteiger partial charge in [-0.2, -0.15) is 0 Å². The van der Waals surface area contributed by atoms with Crippen LogP contribution in [0.15, 0.2) is 110 Å². The molecule has 2 aliphatic heterocycles. The molecule has 0 N–H and O–H groups in total. The van der Waals surface area contributed by atoms with E-state index < -0.39 is 0 Å². The molecule has 0 unspecified atom stereocenters. The maximum Gasteiger partial charge on any atom is 0.344 e. The highest BCUT2D eigenvalue weighted by Gasteiger charge is 2.31. The first-order valence-corrected chi connectivity index (χ1v) is 11.2. The molecule has 0 spiro atoms. The zero-order chi connectivity index (χ0) is 21.2. The second kappa shape index (κ2) is 8.52. The standard InChI is InChI=1S/C26H22O4S/c1-2-28-26(27)23-12-11-18-9-6-10-21-22(25(18)31-23)14-19-13-20(16-30-24(19)21)29-15-17-7-4-3-5-8-17/h3-8,10-14H,2,9,15-16H2,1H3. The minimum absolute atomic E-state index is 0.280. The van der Waals surface area contributed by atoms with E-state index in [1.54, 1.807) is 0 Å². The Labute approximate surface area is 186 Å². The van der Waals surface area contributed by atoms with Gasteiger partial charge in [0.25, 0.3) is 0 Å². The van der Waals surface area contributed by atoms with Gasteiger partial charge in [0, 0.05) is 21.6 Å². The van der Waals surface area contributed by atoms with E-state index in [0.29, 0.717) is 24.7 Å². The first-order valence-electron chi connectivity index (χ1n) is 10.4. The molecule has 0 fully saturated rings. The summed E-state index contributed by atoms with van der Waals surface area (Å²) in [6.45, 7) is 3.10. The number of hydrogen-bond donors (Lipinski definition) is 0. The molecule has 0 radical (unpaired) electrons. The average Bonchev–Trinajstić information content (AvgIpc) is 3.06. The van der Waals surface area contributed by atoms with Gasteiger partial charge in [-0.1, -0.05) is 60.3 Å². The normalized spacial score (nSPS) is 19.1. The summed E-state index contributed by atoms with van der Waals surface area (Å²) in [6.07, 6.45) is 13.2. The maximum absolute atomic E-state index is 12.3. The second-order valence-electron chi connectivity index (χ2n) is 7.41. The van der Waals surface area contributed by atoms with Crippen LogP contribution in [0.25, 0.3) is 0 Å². The highest BCUT2D eigenvalue weighted by molar-refractivity contribution is 8.07. The molecule has 0 atom stereocenters. The van der Waals surface area contributed by atoms with Crippen LogP contribution in [0, 0.1) is 0 Å². The fourth-order valence-corrected chi connectivity index (χ4v) is 4.92. The fraction of sp³-hybridized carbons (Fsp3) is 0.192. The van der Waals surface area contributed by atoms with E-state index in [2.05, 4.69) is 24.3 Å². The summed E-state index contributed by atoms with van der Waals surface area (Å²) in [5.41, 5.74) is 5.47. The number of fused-ring (bicyclic) bond motifs is 3. The highest BCUT2D eigenvalue weighted by atomic mass is 32.2. The van der Waals surface area contributed by atoms with Gasteiger partial charge in [-0.05, 0) is 42.7 Å². The number of ether oxygens (including phenoxy) is 3. The van der Waals surface area contributed by atoms with Crippen molar-refractivity contribution in [2.24, 2.45) is 0 Å². The molecule has 156 valence electrons. The Morgan fingerprint density at radius 1 is 1.13 bits per heavy atom. The number of rotatable bonds is 5. The van der Waals surface area contributed by atoms with E-state index in [4.69, 9.17) is 14.2 Å². The van der Waals surface area contributed by atoms with E-state index >= 15 is 0 Å². The minimum atomic E-state index is -0.280. The predicted octanol–water partition coefficient (Wildman–Crippen LogP) is 5.65. The van der Waals surface area contributed by atoms with Crippen molar-refractivity contribution in [1.82, 2.24) is 0 Å². The Morgan fingerprint density at radius 3 is 2.84 bits per heavy atom. The van der Waals surface area contributed by atoms with Gasteiger partial charge >= 0.3 is 5.97 Å². The van der Waals surface area contributed by atoms with Gasteiger partial charge in [0.1, 0.15) is 24.7 Å². The van der Waals surface area contributed by atoms with Gasteiger partial charge in [-0.25, -0.2) is 4.79 Å². The molecule has 0 amide bonds. The Balaban J connectivity index is 1.44. The molecule has 0 aromatic heterocycles. The van der Waals surface area contributed by atoms with Gasteiger partial charge in [-0.3, -0.25) is 0 Å². The third-order valence-electron chi connectivity index (χ3n) is 5.32. The van der Waals surface area contributed by atoms with Crippen LogP contribution < -0.4 is 0 Å². The van der Waals surface area contributed by atoms with Crippen molar-refractivity contribution < 1.29 is 19.0 Å². The third-order valence-corrected chi connectivity index (χ3v) is 6.53. The lowest BCUT2D eigenvalue weighted by atomic mass is 10.1. The zero-order valence-electron chi connectivity index (χ0n) is 17.2. The SMILES string of the molecule is CCOC(=O)C1=CC=C2CC=CC3=C4OCC(OCc5ccccc5)=CC4=CC3=C2S1. The molecule has 5 heteroatoms. The van der Waals surface area contributed by atoms with Crippen LogP contribution in [-0.2, 0) is 25.6 Å². The predicted molar refractivity (Wildman–Crippen MR) is 122 cm³/mol. The topological polar surface area (TPSA) is 44.8 Å². The molecule has 4 nitrogen and oxygen atoms in total. The summed E-state index contributed by atoms with van der Waals surface area (Å²) < 4.78 is 17.3. The maximum atomic E-state index is 12.3. The Bertz CT molecular complexity index is 1140. The summed E-state index contributed by atoms with van der Waals surface area (Å²) in [5.74, 6) is 1.41. The first-order chi connectivity index (χ1) is 15.2. The summed E-state index contributed by atoms with van der Waals surface area (Å²) in [5, 5.41) is 0. The first kappa shape index (κ1) is 19.8. The van der Waals surface area contributed by atoms with E-state index in [0.717, 1.165) is 45.1 Å². The molecule has 2 heterocycles. The van der Waals surface area contributed by atoms with Crippen molar-refractivity contribution in [3.63, 3.8) is 0 Å². The molecule has 5 rings (SSSR count). The summed E-state index contributed by atoms with van der Waals surface area (Å²) in [7, 11) is 0. The monoisotopic (exact) mass is 430 g/mol. The van der Waals surface area contributed by atoms with Crippen LogP contribution in [0.5, 0.6) is 0 Å². The fourth-order valence-electron chi connectivity index (χ4n) is 3.86. The molecule has 1 aromatic rings. The number of allylic oxidation sites excluding steroid dienone is 9. The van der Waals surface area contributed by atoms with E-state index in [9.17, 15) is 4.79 Å². The third kappa shape index (κ3) is 3.93. The van der Waals surface area contributed by atoms with Crippen molar-refractivity contribution in [2.75, 3.05) is 13.2 Å². The van der Waals surface area contributed by atoms with Crippen LogP contribution in [0.1, 0.15) is 18.9 Å². The highest BCUT2D eigenvalue weighted by Crippen LogP contribution is 2.47. The molecule has 0 saturated carbocycles. The number of carbonyl (C=O) groups excluding carboxylic acids is 1. The van der Waals surface area contributed by atoms with Crippen LogP contribution in [0.2, 0.25) is 0 Å². The molecular weight excluding hydrogens is 408 g/mol. The minimum Gasteiger partial charge on any atom is -0.490 e. The summed E-state index contributed by atoms with van der Waals surface area (Å²) >= 11 is 1.48. The lowest BCUT2D eigenvalue weighted by Crippen LogP contribution is -2.09. The largest absolute Gasteiger partial charge is 0.490 e. The summed E-state index contributed by atoms with van der Waals surface area (Å²) in [6, 6.07) is 10.1. The van der Waals surface area contributed by atoms with Crippen molar-refractivity contribution in [2.45, 2.75) is 20.0 Å². The Hall–Kier alpha value is -3.18. The lowest BCUT2D eigenvalue weighted by molar-refractivity contribution is -0.137. The van der Waals surface area contributed by atoms with Gasteiger partial charge in [-0.15, -0.1) is 0 Å². The number of hydrogen-bond acceptors (Lipinski definition) is 5. The average molecular weight is 431 g/mol. The van der Waals surface area contributed by atoms with Gasteiger partial charge in [0.15, 0.2) is 0 Å². The molecule has 0 bridgehead atoms. The van der Waals surface area contributed by atoms with Crippen molar-refractivity contribution in [1.29, 1.82) is 0 Å². The molecule has 1 aromatic carbocycles. The molecule has 2 aliphatic carbocycles. The number of esters is 1. The van der Waals surface area contributed by atoms with Crippen LogP contribution >= 0.6 is 11.8 Å². The van der Waals surface area contributed by atoms with Crippen molar-refractivity contribution >= 4 is 17.7 Å². The van der Waals surface area contributed by atoms with E-state index in [1.807, 2.05) is 49.4 Å². The molecular formula is C26H22O4S. The molecule has 0 saturated heterocycles. The van der Waals surface area contributed by atoms with Gasteiger partial charge in [0.2, 0.25) is 0 Å². The van der Waals surface area contributed by atoms with Crippen LogP contribution in [0.4, 0.5) is 0 Å². The Kier molecular flexibility index (Phi) is 5.43. The van der Waals surface area contributed by atoms with E-state index in [-0.39, 0.29) is 5.97 Å². The van der Waals surface area contributed by atoms with Crippen LogP contribution in [-0.4, -0.2) is 19.2 Å². The number of thioether (sulfide) groups is 1. The molecule has 4 aliphatic rings. The molecule has 31 heavy (non-hydrogen) atoms. The second-order valence-corrected chi connectivity index (χ2v) is 8.46. The van der Waals surface area contributed by atoms with Crippen molar-refractivity contribution in [3.8, 4) is 0 Å². The zero-order valence-corrected chi connectivity index (χ0v) is 18.0. The number of benzene rings is 1. The summed E-state index contributed by atoms with van der Waals surface area (Å²) in [4.78, 5) is 14.0.